The van der Waals surface area contributed by atoms with E-state index in [1.165, 1.54) is 24.9 Å². The number of esters is 1. The van der Waals surface area contributed by atoms with Crippen LogP contribution in [0.2, 0.25) is 5.02 Å². The Morgan fingerprint density at radius 1 is 1.61 bits per heavy atom. The average molecular weight is 290 g/mol. The van der Waals surface area contributed by atoms with Crippen molar-refractivity contribution in [3.63, 3.8) is 0 Å². The quantitative estimate of drug-likeness (QED) is 0.360. The normalized spacial score (nSPS) is 11.9. The molecule has 0 radical (unpaired) electrons. The van der Waals surface area contributed by atoms with Crippen LogP contribution < -0.4 is 0 Å². The third-order valence-corrected chi connectivity index (χ3v) is 3.53. The molecule has 1 aromatic rings. The van der Waals surface area contributed by atoms with Crippen molar-refractivity contribution in [1.82, 2.24) is 0 Å². The number of nitro groups is 1. The smallest absolute Gasteiger partial charge is 0.306 e. The number of rotatable bonds is 5. The molecule has 0 spiro atoms. The second-order valence-corrected chi connectivity index (χ2v) is 5.49. The number of carbonyl (C=O) groups excluding carboxylic acids is 1. The molecule has 0 aliphatic carbocycles. The molecule has 0 bridgehead atoms. The SMILES string of the molecule is COC(=O)CC(C)Sc1ccc(Cl)cc1[N+](=O)[O-]. The molecule has 0 N–H and O–H groups in total. The van der Waals surface area contributed by atoms with E-state index in [2.05, 4.69) is 4.74 Å². The van der Waals surface area contributed by atoms with Crippen LogP contribution in [0.1, 0.15) is 13.3 Å². The summed E-state index contributed by atoms with van der Waals surface area (Å²) in [4.78, 5) is 22.0. The van der Waals surface area contributed by atoms with Crippen LogP contribution in [0, 0.1) is 10.1 Å². The molecular formula is C11H12ClNO4S. The van der Waals surface area contributed by atoms with Crippen molar-refractivity contribution in [3.8, 4) is 0 Å². The van der Waals surface area contributed by atoms with Gasteiger partial charge < -0.3 is 4.74 Å². The van der Waals surface area contributed by atoms with Crippen LogP contribution in [0.4, 0.5) is 5.69 Å². The number of ether oxygens (including phenoxy) is 1. The van der Waals surface area contributed by atoms with Gasteiger partial charge in [0.05, 0.1) is 23.3 Å². The van der Waals surface area contributed by atoms with Crippen LogP contribution in [0.25, 0.3) is 0 Å². The minimum Gasteiger partial charge on any atom is -0.469 e. The summed E-state index contributed by atoms with van der Waals surface area (Å²) in [5.41, 5.74) is -0.0517. The van der Waals surface area contributed by atoms with Crippen molar-refractivity contribution in [2.45, 2.75) is 23.5 Å². The highest BCUT2D eigenvalue weighted by Gasteiger charge is 2.18. The van der Waals surface area contributed by atoms with Gasteiger partial charge in [-0.25, -0.2) is 0 Å². The molecule has 1 unspecified atom stereocenters. The van der Waals surface area contributed by atoms with E-state index in [0.29, 0.717) is 9.92 Å². The summed E-state index contributed by atoms with van der Waals surface area (Å²) in [6.45, 7) is 1.81. The molecule has 0 aliphatic rings. The van der Waals surface area contributed by atoms with Crippen LogP contribution in [-0.2, 0) is 9.53 Å². The predicted octanol–water partition coefficient (Wildman–Crippen LogP) is 3.29. The molecule has 5 nitrogen and oxygen atoms in total. The topological polar surface area (TPSA) is 69.4 Å². The van der Waals surface area contributed by atoms with Crippen LogP contribution >= 0.6 is 23.4 Å². The Morgan fingerprint density at radius 3 is 2.83 bits per heavy atom. The van der Waals surface area contributed by atoms with Gasteiger partial charge in [0, 0.05) is 16.3 Å². The molecule has 1 atom stereocenters. The molecule has 0 amide bonds. The third kappa shape index (κ3) is 4.19. The predicted molar refractivity (Wildman–Crippen MR) is 70.1 cm³/mol. The van der Waals surface area contributed by atoms with E-state index in [4.69, 9.17) is 11.6 Å². The number of halogens is 1. The fraction of sp³-hybridized carbons (Fsp3) is 0.364. The number of hydrogen-bond acceptors (Lipinski definition) is 5. The average Bonchev–Trinajstić information content (AvgIpc) is 2.30. The highest BCUT2D eigenvalue weighted by atomic mass is 35.5. The van der Waals surface area contributed by atoms with Crippen molar-refractivity contribution in [1.29, 1.82) is 0 Å². The lowest BCUT2D eigenvalue weighted by Gasteiger charge is -2.10. The number of nitrogens with zero attached hydrogens (tertiary/aromatic N) is 1. The lowest BCUT2D eigenvalue weighted by atomic mass is 10.3. The van der Waals surface area contributed by atoms with Gasteiger partial charge in [0.15, 0.2) is 0 Å². The maximum Gasteiger partial charge on any atom is 0.306 e. The van der Waals surface area contributed by atoms with Gasteiger partial charge in [0.1, 0.15) is 0 Å². The van der Waals surface area contributed by atoms with Gasteiger partial charge in [-0.15, -0.1) is 11.8 Å². The molecule has 0 aromatic heterocycles. The second-order valence-electron chi connectivity index (χ2n) is 3.58. The first-order valence-corrected chi connectivity index (χ1v) is 6.37. The number of hydrogen-bond donors (Lipinski definition) is 0. The molecule has 7 heteroatoms. The van der Waals surface area contributed by atoms with Gasteiger partial charge in [-0.05, 0) is 12.1 Å². The maximum atomic E-state index is 11.1. The van der Waals surface area contributed by atoms with Crippen LogP contribution in [-0.4, -0.2) is 23.3 Å². The van der Waals surface area contributed by atoms with Gasteiger partial charge in [-0.2, -0.15) is 0 Å². The highest BCUT2D eigenvalue weighted by Crippen LogP contribution is 2.34. The number of benzene rings is 1. The molecule has 1 aromatic carbocycles. The Kier molecular flexibility index (Phi) is 5.43. The molecule has 0 heterocycles. The van der Waals surface area contributed by atoms with Crippen LogP contribution in [0.15, 0.2) is 23.1 Å². The van der Waals surface area contributed by atoms with E-state index in [1.807, 2.05) is 0 Å². The largest absolute Gasteiger partial charge is 0.469 e. The summed E-state index contributed by atoms with van der Waals surface area (Å²) in [5, 5.41) is 11.1. The van der Waals surface area contributed by atoms with E-state index in [-0.39, 0.29) is 23.3 Å². The van der Waals surface area contributed by atoms with E-state index in [0.717, 1.165) is 0 Å². The first kappa shape index (κ1) is 14.8. The lowest BCUT2D eigenvalue weighted by molar-refractivity contribution is -0.387. The number of carbonyl (C=O) groups is 1. The number of nitro benzene ring substituents is 1. The Bertz CT molecular complexity index is 466. The van der Waals surface area contributed by atoms with Crippen molar-refractivity contribution < 1.29 is 14.5 Å². The summed E-state index contributed by atoms with van der Waals surface area (Å²) in [7, 11) is 1.31. The van der Waals surface area contributed by atoms with Crippen LogP contribution in [0.3, 0.4) is 0 Å². The summed E-state index contributed by atoms with van der Waals surface area (Å²) < 4.78 is 4.55. The van der Waals surface area contributed by atoms with Crippen molar-refractivity contribution in [2.24, 2.45) is 0 Å². The fourth-order valence-corrected chi connectivity index (χ4v) is 2.53. The van der Waals surface area contributed by atoms with Crippen molar-refractivity contribution in [3.05, 3.63) is 33.3 Å². The molecule has 98 valence electrons. The van der Waals surface area contributed by atoms with Crippen molar-refractivity contribution >= 4 is 35.0 Å². The highest BCUT2D eigenvalue weighted by molar-refractivity contribution is 8.00. The minimum absolute atomic E-state index is 0.0517. The Hall–Kier alpha value is -1.27. The van der Waals surface area contributed by atoms with Gasteiger partial charge in [0.25, 0.3) is 5.69 Å². The first-order chi connectivity index (χ1) is 8.43. The summed E-state index contributed by atoms with van der Waals surface area (Å²) in [6.07, 6.45) is 0.195. The summed E-state index contributed by atoms with van der Waals surface area (Å²) >= 11 is 6.97. The molecule has 0 saturated heterocycles. The molecule has 0 saturated carbocycles. The molecule has 0 fully saturated rings. The van der Waals surface area contributed by atoms with Gasteiger partial charge >= 0.3 is 5.97 Å². The zero-order valence-corrected chi connectivity index (χ0v) is 11.5. The molecule has 0 aliphatic heterocycles. The monoisotopic (exact) mass is 289 g/mol. The van der Waals surface area contributed by atoms with Gasteiger partial charge in [-0.3, -0.25) is 14.9 Å². The summed E-state index contributed by atoms with van der Waals surface area (Å²) in [5.74, 6) is -0.341. The fourth-order valence-electron chi connectivity index (χ4n) is 1.31. The van der Waals surface area contributed by atoms with E-state index in [1.54, 1.807) is 19.1 Å². The Balaban J connectivity index is 2.84. The minimum atomic E-state index is -0.487. The van der Waals surface area contributed by atoms with Gasteiger partial charge in [-0.1, -0.05) is 18.5 Å². The molecule has 18 heavy (non-hydrogen) atoms. The molecular weight excluding hydrogens is 278 g/mol. The van der Waals surface area contributed by atoms with Gasteiger partial charge in [0.2, 0.25) is 0 Å². The Labute approximate surface area is 114 Å². The zero-order chi connectivity index (χ0) is 13.7. The third-order valence-electron chi connectivity index (χ3n) is 2.13. The van der Waals surface area contributed by atoms with E-state index in [9.17, 15) is 14.9 Å². The number of methoxy groups -OCH3 is 1. The molecule has 1 rings (SSSR count). The number of thioether (sulfide) groups is 1. The van der Waals surface area contributed by atoms with Crippen molar-refractivity contribution in [2.75, 3.05) is 7.11 Å². The second kappa shape index (κ2) is 6.61. The zero-order valence-electron chi connectivity index (χ0n) is 9.88. The Morgan fingerprint density at radius 2 is 2.28 bits per heavy atom. The first-order valence-electron chi connectivity index (χ1n) is 5.11. The lowest BCUT2D eigenvalue weighted by Crippen LogP contribution is -2.08. The maximum absolute atomic E-state index is 11.1. The van der Waals surface area contributed by atoms with E-state index >= 15 is 0 Å². The van der Waals surface area contributed by atoms with Crippen LogP contribution in [0.5, 0.6) is 0 Å². The standard InChI is InChI=1S/C11H12ClNO4S/c1-7(5-11(14)17-2)18-10-4-3-8(12)6-9(10)13(15)16/h3-4,6-7H,5H2,1-2H3. The van der Waals surface area contributed by atoms with E-state index < -0.39 is 4.92 Å². The summed E-state index contributed by atoms with van der Waals surface area (Å²) in [6, 6.07) is 4.47.